The quantitative estimate of drug-likeness (QED) is 0.777. The number of hydrogen-bond acceptors (Lipinski definition) is 4. The maximum atomic E-state index is 6.71. The normalized spacial score (nSPS) is 25.3. The van der Waals surface area contributed by atoms with E-state index >= 15 is 0 Å². The SMILES string of the molecule is Nc1c2c(nc3c1C1CC(C3)Cc3nc4c(c(N)c31)CCC4)CCC2. The van der Waals surface area contributed by atoms with Crippen LogP contribution in [0.15, 0.2) is 0 Å². The predicted molar refractivity (Wildman–Crippen MR) is 98.7 cm³/mol. The maximum absolute atomic E-state index is 6.71. The van der Waals surface area contributed by atoms with E-state index < -0.39 is 0 Å². The van der Waals surface area contributed by atoms with Crippen LogP contribution in [-0.2, 0) is 38.5 Å². The van der Waals surface area contributed by atoms with Crippen LogP contribution in [0.2, 0.25) is 0 Å². The van der Waals surface area contributed by atoms with Crippen LogP contribution >= 0.6 is 0 Å². The van der Waals surface area contributed by atoms with E-state index in [1.54, 1.807) is 0 Å². The molecule has 0 spiro atoms. The fourth-order valence-corrected chi connectivity index (χ4v) is 5.95. The van der Waals surface area contributed by atoms with Gasteiger partial charge in [0, 0.05) is 51.2 Å². The van der Waals surface area contributed by atoms with Crippen LogP contribution in [0.1, 0.15) is 70.2 Å². The Morgan fingerprint density at radius 3 is 1.72 bits per heavy atom. The molecular formula is C21H24N4. The number of aromatic nitrogens is 2. The molecule has 4 aliphatic rings. The minimum absolute atomic E-state index is 0.314. The van der Waals surface area contributed by atoms with Crippen molar-refractivity contribution in [2.45, 2.75) is 63.7 Å². The average molecular weight is 332 g/mol. The van der Waals surface area contributed by atoms with Crippen molar-refractivity contribution in [2.75, 3.05) is 11.5 Å². The van der Waals surface area contributed by atoms with Crippen LogP contribution in [0.3, 0.4) is 0 Å². The van der Waals surface area contributed by atoms with E-state index in [9.17, 15) is 0 Å². The third-order valence-corrected chi connectivity index (χ3v) is 7.00. The molecule has 0 aromatic carbocycles. The summed E-state index contributed by atoms with van der Waals surface area (Å²) < 4.78 is 0. The number of rotatable bonds is 0. The Hall–Kier alpha value is -2.10. The molecule has 128 valence electrons. The van der Waals surface area contributed by atoms with Crippen LogP contribution in [0.4, 0.5) is 11.4 Å². The zero-order chi connectivity index (χ0) is 16.7. The summed E-state index contributed by atoms with van der Waals surface area (Å²) >= 11 is 0. The fraction of sp³-hybridized carbons (Fsp3) is 0.524. The van der Waals surface area contributed by atoms with Gasteiger partial charge >= 0.3 is 0 Å². The van der Waals surface area contributed by atoms with E-state index in [0.717, 1.165) is 56.3 Å². The lowest BCUT2D eigenvalue weighted by Crippen LogP contribution is -2.31. The van der Waals surface area contributed by atoms with Gasteiger partial charge in [0.1, 0.15) is 0 Å². The molecule has 0 radical (unpaired) electrons. The third kappa shape index (κ3) is 1.77. The lowest BCUT2D eigenvalue weighted by molar-refractivity contribution is 0.388. The molecule has 0 atom stereocenters. The standard InChI is InChI=1S/C21H24N4/c22-20-11-3-1-5-14(11)24-16-8-10-7-13(18(16)20)19-17(9-10)25-15-6-2-4-12(15)21(19)23/h10,13H,1-9H2,(H2,22,24)(H2,23,25). The van der Waals surface area contributed by atoms with Gasteiger partial charge in [-0.1, -0.05) is 0 Å². The zero-order valence-electron chi connectivity index (χ0n) is 14.6. The summed E-state index contributed by atoms with van der Waals surface area (Å²) in [7, 11) is 0. The molecule has 0 saturated heterocycles. The number of nitrogen functional groups attached to an aromatic ring is 2. The van der Waals surface area contributed by atoms with Crippen molar-refractivity contribution in [3.05, 3.63) is 45.0 Å². The van der Waals surface area contributed by atoms with Crippen molar-refractivity contribution in [1.82, 2.24) is 9.97 Å². The molecule has 4 nitrogen and oxygen atoms in total. The molecule has 4 heteroatoms. The molecule has 4 aliphatic carbocycles. The fourth-order valence-electron chi connectivity index (χ4n) is 5.95. The Bertz CT molecular complexity index is 857. The van der Waals surface area contributed by atoms with Crippen molar-refractivity contribution in [1.29, 1.82) is 0 Å². The number of fused-ring (bicyclic) bond motifs is 8. The first-order valence-electron chi connectivity index (χ1n) is 9.80. The lowest BCUT2D eigenvalue weighted by Gasteiger charge is -2.39. The number of hydrogen-bond donors (Lipinski definition) is 2. The van der Waals surface area contributed by atoms with Gasteiger partial charge in [-0.05, 0) is 74.8 Å². The first-order valence-corrected chi connectivity index (χ1v) is 9.80. The van der Waals surface area contributed by atoms with Crippen molar-refractivity contribution >= 4 is 11.4 Å². The highest BCUT2D eigenvalue weighted by atomic mass is 14.8. The molecule has 2 bridgehead atoms. The molecule has 2 heterocycles. The summed E-state index contributed by atoms with van der Waals surface area (Å²) in [6.45, 7) is 0. The van der Waals surface area contributed by atoms with E-state index in [1.165, 1.54) is 57.9 Å². The first-order chi connectivity index (χ1) is 12.2. The van der Waals surface area contributed by atoms with Crippen LogP contribution in [0.25, 0.3) is 0 Å². The summed E-state index contributed by atoms with van der Waals surface area (Å²) in [4.78, 5) is 10.1. The van der Waals surface area contributed by atoms with Gasteiger partial charge in [-0.15, -0.1) is 0 Å². The smallest absolute Gasteiger partial charge is 0.0468 e. The first kappa shape index (κ1) is 14.1. The van der Waals surface area contributed by atoms with Gasteiger partial charge in [0.05, 0.1) is 0 Å². The Balaban J connectivity index is 1.61. The summed E-state index contributed by atoms with van der Waals surface area (Å²) in [6, 6.07) is 0. The zero-order valence-corrected chi connectivity index (χ0v) is 14.6. The van der Waals surface area contributed by atoms with Gasteiger partial charge in [0.2, 0.25) is 0 Å². The molecule has 0 saturated carbocycles. The van der Waals surface area contributed by atoms with E-state index in [2.05, 4.69) is 0 Å². The molecule has 0 amide bonds. The van der Waals surface area contributed by atoms with Gasteiger partial charge < -0.3 is 11.5 Å². The van der Waals surface area contributed by atoms with Crippen molar-refractivity contribution < 1.29 is 0 Å². The second-order valence-corrected chi connectivity index (χ2v) is 8.39. The molecule has 6 rings (SSSR count). The van der Waals surface area contributed by atoms with Crippen molar-refractivity contribution in [3.63, 3.8) is 0 Å². The predicted octanol–water partition coefficient (Wildman–Crippen LogP) is 2.87. The van der Waals surface area contributed by atoms with Gasteiger partial charge in [-0.3, -0.25) is 9.97 Å². The van der Waals surface area contributed by atoms with Crippen LogP contribution < -0.4 is 11.5 Å². The Labute approximate surface area is 148 Å². The van der Waals surface area contributed by atoms with E-state index in [0.29, 0.717) is 11.8 Å². The van der Waals surface area contributed by atoms with Crippen LogP contribution in [0.5, 0.6) is 0 Å². The molecule has 0 aliphatic heterocycles. The molecule has 2 aromatic heterocycles. The van der Waals surface area contributed by atoms with Gasteiger partial charge in [-0.2, -0.15) is 0 Å². The maximum Gasteiger partial charge on any atom is 0.0468 e. The molecular weight excluding hydrogens is 308 g/mol. The highest BCUT2D eigenvalue weighted by Crippen LogP contribution is 2.51. The minimum Gasteiger partial charge on any atom is -0.398 e. The summed E-state index contributed by atoms with van der Waals surface area (Å²) in [5, 5.41) is 0. The van der Waals surface area contributed by atoms with Gasteiger partial charge in [-0.25, -0.2) is 0 Å². The third-order valence-electron chi connectivity index (χ3n) is 7.00. The number of nitrogens with two attached hydrogens (primary N) is 2. The topological polar surface area (TPSA) is 77.8 Å². The highest BCUT2D eigenvalue weighted by molar-refractivity contribution is 5.68. The van der Waals surface area contributed by atoms with E-state index in [1.807, 2.05) is 0 Å². The van der Waals surface area contributed by atoms with Crippen LogP contribution in [-0.4, -0.2) is 9.97 Å². The molecule has 4 N–H and O–H groups in total. The van der Waals surface area contributed by atoms with Gasteiger partial charge in [0.15, 0.2) is 0 Å². The van der Waals surface area contributed by atoms with Crippen molar-refractivity contribution in [2.24, 2.45) is 5.92 Å². The summed E-state index contributed by atoms with van der Waals surface area (Å²) in [6.07, 6.45) is 10.0. The largest absolute Gasteiger partial charge is 0.398 e. The monoisotopic (exact) mass is 332 g/mol. The van der Waals surface area contributed by atoms with E-state index in [4.69, 9.17) is 21.4 Å². The van der Waals surface area contributed by atoms with E-state index in [-0.39, 0.29) is 0 Å². The van der Waals surface area contributed by atoms with Crippen LogP contribution in [0, 0.1) is 5.92 Å². The Kier molecular flexibility index (Phi) is 2.68. The molecule has 0 unspecified atom stereocenters. The number of pyridine rings is 2. The van der Waals surface area contributed by atoms with Crippen molar-refractivity contribution in [3.8, 4) is 0 Å². The number of nitrogens with zero attached hydrogens (tertiary/aromatic N) is 2. The highest BCUT2D eigenvalue weighted by Gasteiger charge is 2.40. The summed E-state index contributed by atoms with van der Waals surface area (Å²) in [5.41, 5.74) is 25.7. The second-order valence-electron chi connectivity index (χ2n) is 8.39. The number of aryl methyl sites for hydroxylation is 2. The lowest BCUT2D eigenvalue weighted by atomic mass is 9.67. The molecule has 25 heavy (non-hydrogen) atoms. The number of anilines is 2. The van der Waals surface area contributed by atoms with Gasteiger partial charge in [0.25, 0.3) is 0 Å². The average Bonchev–Trinajstić information content (AvgIpc) is 3.23. The Morgan fingerprint density at radius 1 is 0.680 bits per heavy atom. The second kappa shape index (κ2) is 4.75. The molecule has 2 aromatic rings. The Morgan fingerprint density at radius 2 is 1.20 bits per heavy atom. The molecule has 0 fully saturated rings. The summed E-state index contributed by atoms with van der Waals surface area (Å²) in [5.74, 6) is 0.956. The minimum atomic E-state index is 0.314.